The van der Waals surface area contributed by atoms with Crippen LogP contribution in [0.5, 0.6) is 0 Å². The van der Waals surface area contributed by atoms with Crippen molar-refractivity contribution in [1.82, 2.24) is 0 Å². The number of phosphoric ester groups is 2. The monoisotopic (exact) mass is 1420 g/mol. The van der Waals surface area contributed by atoms with Gasteiger partial charge >= 0.3 is 39.5 Å². The number of aliphatic hydroxyl groups is 1. The Hall–Kier alpha value is -1.94. The number of phosphoric acid groups is 2. The van der Waals surface area contributed by atoms with Crippen LogP contribution in [0.2, 0.25) is 0 Å². The molecule has 5 atom stereocenters. The first-order chi connectivity index (χ1) is 47.0. The lowest BCUT2D eigenvalue weighted by Gasteiger charge is -2.21. The number of unbranched alkanes of at least 4 members (excludes halogenated alkanes) is 50. The maximum Gasteiger partial charge on any atom is 0.472 e. The zero-order valence-corrected chi connectivity index (χ0v) is 65.0. The summed E-state index contributed by atoms with van der Waals surface area (Å²) in [5, 5.41) is 10.6. The number of rotatable bonds is 78. The zero-order valence-electron chi connectivity index (χ0n) is 63.2. The molecule has 0 aromatic carbocycles. The molecule has 0 radical (unpaired) electrons. The minimum atomic E-state index is -4.96. The van der Waals surface area contributed by atoms with E-state index in [1.54, 1.807) is 0 Å². The van der Waals surface area contributed by atoms with Gasteiger partial charge in [-0.3, -0.25) is 37.3 Å². The molecular weight excluding hydrogens is 1270 g/mol. The smallest absolute Gasteiger partial charge is 0.462 e. The van der Waals surface area contributed by atoms with Gasteiger partial charge in [0.1, 0.15) is 19.3 Å². The highest BCUT2D eigenvalue weighted by Gasteiger charge is 2.30. The first-order valence-corrected chi connectivity index (χ1v) is 43.6. The molecule has 0 saturated heterocycles. The van der Waals surface area contributed by atoms with Crippen molar-refractivity contribution < 1.29 is 80.2 Å². The third-order valence-electron chi connectivity index (χ3n) is 18.3. The highest BCUT2D eigenvalue weighted by molar-refractivity contribution is 7.47. The number of carbonyl (C=O) groups excluding carboxylic acids is 4. The Balaban J connectivity index is 5.13. The minimum Gasteiger partial charge on any atom is -0.462 e. The molecule has 0 aliphatic rings. The van der Waals surface area contributed by atoms with E-state index < -0.39 is 97.5 Å². The molecule has 0 saturated carbocycles. The number of aliphatic hydroxyl groups excluding tert-OH is 1. The summed E-state index contributed by atoms with van der Waals surface area (Å²) in [6.07, 6.45) is 61.4. The fourth-order valence-electron chi connectivity index (χ4n) is 12.1. The molecule has 0 amide bonds. The van der Waals surface area contributed by atoms with Crippen LogP contribution in [0.25, 0.3) is 0 Å². The lowest BCUT2D eigenvalue weighted by Crippen LogP contribution is -2.30. The summed E-state index contributed by atoms with van der Waals surface area (Å²) in [4.78, 5) is 72.6. The van der Waals surface area contributed by atoms with E-state index in [0.29, 0.717) is 25.7 Å². The van der Waals surface area contributed by atoms with E-state index in [0.717, 1.165) is 102 Å². The summed E-state index contributed by atoms with van der Waals surface area (Å²) in [5.74, 6) is -1.31. The van der Waals surface area contributed by atoms with Crippen molar-refractivity contribution in [2.75, 3.05) is 39.6 Å². The third kappa shape index (κ3) is 72.2. The van der Waals surface area contributed by atoms with E-state index in [4.69, 9.17) is 37.0 Å². The Morgan fingerprint density at radius 2 is 0.474 bits per heavy atom. The molecule has 2 unspecified atom stereocenters. The van der Waals surface area contributed by atoms with Crippen LogP contribution in [0, 0.1) is 5.92 Å². The minimum absolute atomic E-state index is 0.108. The van der Waals surface area contributed by atoms with E-state index in [-0.39, 0.29) is 25.7 Å². The van der Waals surface area contributed by atoms with Crippen LogP contribution in [-0.4, -0.2) is 96.7 Å². The second-order valence-corrected chi connectivity index (χ2v) is 31.5. The van der Waals surface area contributed by atoms with Gasteiger partial charge in [0.05, 0.1) is 26.4 Å². The Morgan fingerprint density at radius 1 is 0.278 bits per heavy atom. The number of esters is 4. The Labute approximate surface area is 594 Å². The lowest BCUT2D eigenvalue weighted by molar-refractivity contribution is -0.161. The van der Waals surface area contributed by atoms with Crippen LogP contribution in [0.3, 0.4) is 0 Å². The van der Waals surface area contributed by atoms with Gasteiger partial charge in [-0.15, -0.1) is 0 Å². The molecule has 0 aliphatic carbocycles. The van der Waals surface area contributed by atoms with Gasteiger partial charge in [-0.25, -0.2) is 9.13 Å². The van der Waals surface area contributed by atoms with Gasteiger partial charge in [0.15, 0.2) is 12.2 Å². The van der Waals surface area contributed by atoms with Crippen molar-refractivity contribution in [3.05, 3.63) is 0 Å². The number of carbonyl (C=O) groups is 4. The fraction of sp³-hybridized carbons (Fsp3) is 0.949. The molecule has 0 aromatic heterocycles. The first-order valence-electron chi connectivity index (χ1n) is 40.6. The largest absolute Gasteiger partial charge is 0.472 e. The molecule has 0 aromatic rings. The number of ether oxygens (including phenoxy) is 4. The van der Waals surface area contributed by atoms with Gasteiger partial charge in [-0.2, -0.15) is 0 Å². The van der Waals surface area contributed by atoms with Crippen LogP contribution < -0.4 is 0 Å². The maximum absolute atomic E-state index is 13.1. The van der Waals surface area contributed by atoms with Crippen LogP contribution >= 0.6 is 15.6 Å². The van der Waals surface area contributed by atoms with E-state index in [1.807, 2.05) is 0 Å². The first kappa shape index (κ1) is 95.1. The topological polar surface area (TPSA) is 237 Å². The molecule has 3 N–H and O–H groups in total. The maximum atomic E-state index is 13.1. The van der Waals surface area contributed by atoms with E-state index in [1.165, 1.54) is 231 Å². The predicted octanol–water partition coefficient (Wildman–Crippen LogP) is 23.3. The van der Waals surface area contributed by atoms with E-state index in [9.17, 15) is 43.2 Å². The second-order valence-electron chi connectivity index (χ2n) is 28.6. The molecule has 0 spiro atoms. The van der Waals surface area contributed by atoms with Gasteiger partial charge in [0, 0.05) is 25.7 Å². The van der Waals surface area contributed by atoms with Crippen LogP contribution in [-0.2, 0) is 65.4 Å². The van der Waals surface area contributed by atoms with Crippen LogP contribution in [0.4, 0.5) is 0 Å². The molecule has 17 nitrogen and oxygen atoms in total. The molecule has 0 bridgehead atoms. The highest BCUT2D eigenvalue weighted by Crippen LogP contribution is 2.45. The summed E-state index contributed by atoms with van der Waals surface area (Å²) < 4.78 is 68.4. The summed E-state index contributed by atoms with van der Waals surface area (Å²) >= 11 is 0. The number of hydrogen-bond donors (Lipinski definition) is 3. The van der Waals surface area contributed by atoms with Crippen LogP contribution in [0.15, 0.2) is 0 Å². The molecule has 576 valence electrons. The van der Waals surface area contributed by atoms with Crippen molar-refractivity contribution in [3.63, 3.8) is 0 Å². The average Bonchev–Trinajstić information content (AvgIpc) is 2.51. The SMILES string of the molecule is CCCCCCCCCCCCCCCCCCCC(=O)OC[C@H](COP(=O)(O)OC[C@@H](O)COP(=O)(O)OC[C@@H](COC(=O)CCCCCCC)OC(=O)CCCCCCCCCCCCCCCCCC)OC(=O)CCCCCCCCCCCCCCCCCCC(C)C. The van der Waals surface area contributed by atoms with Crippen molar-refractivity contribution in [1.29, 1.82) is 0 Å². The second kappa shape index (κ2) is 71.1. The van der Waals surface area contributed by atoms with Crippen molar-refractivity contribution in [2.24, 2.45) is 5.92 Å². The summed E-state index contributed by atoms with van der Waals surface area (Å²) in [6, 6.07) is 0. The van der Waals surface area contributed by atoms with Crippen molar-refractivity contribution in [2.45, 2.75) is 432 Å². The number of hydrogen-bond acceptors (Lipinski definition) is 15. The Morgan fingerprint density at radius 3 is 0.701 bits per heavy atom. The molecule has 0 rings (SSSR count). The van der Waals surface area contributed by atoms with Crippen molar-refractivity contribution >= 4 is 39.5 Å². The Bertz CT molecular complexity index is 1860. The van der Waals surface area contributed by atoms with Gasteiger partial charge in [-0.1, -0.05) is 362 Å². The van der Waals surface area contributed by atoms with E-state index in [2.05, 4.69) is 34.6 Å². The summed E-state index contributed by atoms with van der Waals surface area (Å²) in [6.45, 7) is 7.26. The van der Waals surface area contributed by atoms with Gasteiger partial charge in [-0.05, 0) is 31.6 Å². The summed E-state index contributed by atoms with van der Waals surface area (Å²) in [7, 11) is -9.90. The lowest BCUT2D eigenvalue weighted by atomic mass is 10.0. The summed E-state index contributed by atoms with van der Waals surface area (Å²) in [5.41, 5.74) is 0. The molecule has 0 aliphatic heterocycles. The standard InChI is InChI=1S/C78H152O17P2/c1-6-9-12-15-17-19-21-23-25-27-32-35-39-43-47-52-57-62-76(81)89-68-74(95-78(83)64-59-54-49-45-41-37-33-29-28-30-34-38-42-46-51-55-60-71(4)5)70-93-97(86,87)91-66-72(79)65-90-96(84,85)92-69-73(67-88-75(80)61-56-50-14-11-8-3)94-77(82)63-58-53-48-44-40-36-31-26-24-22-20-18-16-13-10-7-2/h71-74,79H,6-70H2,1-5H3,(H,84,85)(H,86,87)/t72-,73+,74+/m0/s1. The third-order valence-corrected chi connectivity index (χ3v) is 20.2. The molecule has 97 heavy (non-hydrogen) atoms. The quantitative estimate of drug-likeness (QED) is 0.0222. The molecule has 19 heteroatoms. The average molecular weight is 1420 g/mol. The van der Waals surface area contributed by atoms with Crippen molar-refractivity contribution in [3.8, 4) is 0 Å². The van der Waals surface area contributed by atoms with Gasteiger partial charge in [0.2, 0.25) is 0 Å². The van der Waals surface area contributed by atoms with E-state index >= 15 is 0 Å². The molecular formula is C78H152O17P2. The highest BCUT2D eigenvalue weighted by atomic mass is 31.2. The fourth-order valence-corrected chi connectivity index (χ4v) is 13.6. The zero-order chi connectivity index (χ0) is 71.2. The normalized spacial score (nSPS) is 13.9. The predicted molar refractivity (Wildman–Crippen MR) is 395 cm³/mol. The van der Waals surface area contributed by atoms with Gasteiger partial charge < -0.3 is 33.8 Å². The Kier molecular flexibility index (Phi) is 69.6. The van der Waals surface area contributed by atoms with Gasteiger partial charge in [0.25, 0.3) is 0 Å². The molecule has 0 heterocycles. The van der Waals surface area contributed by atoms with Crippen LogP contribution in [0.1, 0.15) is 413 Å². The molecule has 0 fully saturated rings.